The summed E-state index contributed by atoms with van der Waals surface area (Å²) in [4.78, 5) is 16.2. The van der Waals surface area contributed by atoms with Crippen molar-refractivity contribution >= 4 is 11.7 Å². The van der Waals surface area contributed by atoms with Gasteiger partial charge in [-0.3, -0.25) is 4.90 Å². The summed E-state index contributed by atoms with van der Waals surface area (Å²) in [5.41, 5.74) is 0.488. The van der Waals surface area contributed by atoms with Crippen molar-refractivity contribution in [3.8, 4) is 0 Å². The van der Waals surface area contributed by atoms with Crippen molar-refractivity contribution in [3.05, 3.63) is 30.1 Å². The van der Waals surface area contributed by atoms with E-state index in [-0.39, 0.29) is 11.8 Å². The second-order valence-corrected chi connectivity index (χ2v) is 5.12. The maximum atomic E-state index is 13.1. The number of rotatable bonds is 5. The second kappa shape index (κ2) is 7.95. The first kappa shape index (κ1) is 15.7. The molecule has 0 unspecified atom stereocenters. The van der Waals surface area contributed by atoms with E-state index < -0.39 is 0 Å². The standard InChI is InChI=1S/C15H22FN3O2/c1-21-11-3-6-18-7-9-19(10-8-18)15(20)17-14-5-2-4-13(16)12-14/h2,4-5,12H,3,6-11H2,1H3,(H,17,20). The highest BCUT2D eigenvalue weighted by molar-refractivity contribution is 5.89. The Bertz CT molecular complexity index is 462. The van der Waals surface area contributed by atoms with Crippen LogP contribution in [0, 0.1) is 5.82 Å². The normalized spacial score (nSPS) is 16.0. The summed E-state index contributed by atoms with van der Waals surface area (Å²) in [6, 6.07) is 5.77. The fraction of sp³-hybridized carbons (Fsp3) is 0.533. The van der Waals surface area contributed by atoms with Crippen molar-refractivity contribution in [2.45, 2.75) is 6.42 Å². The van der Waals surface area contributed by atoms with Gasteiger partial charge in [-0.15, -0.1) is 0 Å². The molecular weight excluding hydrogens is 273 g/mol. The van der Waals surface area contributed by atoms with Gasteiger partial charge in [-0.25, -0.2) is 9.18 Å². The van der Waals surface area contributed by atoms with Gasteiger partial charge in [0.1, 0.15) is 5.82 Å². The third-order valence-corrected chi connectivity index (χ3v) is 3.56. The van der Waals surface area contributed by atoms with Crippen LogP contribution in [0.2, 0.25) is 0 Å². The maximum absolute atomic E-state index is 13.1. The molecule has 0 radical (unpaired) electrons. The number of urea groups is 1. The van der Waals surface area contributed by atoms with E-state index >= 15 is 0 Å². The van der Waals surface area contributed by atoms with Gasteiger partial charge in [0, 0.05) is 52.1 Å². The lowest BCUT2D eigenvalue weighted by Gasteiger charge is -2.34. The quantitative estimate of drug-likeness (QED) is 0.845. The monoisotopic (exact) mass is 295 g/mol. The highest BCUT2D eigenvalue weighted by atomic mass is 19.1. The number of ether oxygens (including phenoxy) is 1. The number of hydrogen-bond donors (Lipinski definition) is 1. The predicted molar refractivity (Wildman–Crippen MR) is 79.9 cm³/mol. The number of carbonyl (C=O) groups excluding carboxylic acids is 1. The number of nitrogens with zero attached hydrogens (tertiary/aromatic N) is 2. The highest BCUT2D eigenvalue weighted by Crippen LogP contribution is 2.11. The van der Waals surface area contributed by atoms with Crippen LogP contribution in [0.1, 0.15) is 6.42 Å². The third-order valence-electron chi connectivity index (χ3n) is 3.56. The molecule has 1 saturated heterocycles. The van der Waals surface area contributed by atoms with Gasteiger partial charge < -0.3 is 15.0 Å². The Hall–Kier alpha value is -1.66. The van der Waals surface area contributed by atoms with Crippen LogP contribution in [0.25, 0.3) is 0 Å². The van der Waals surface area contributed by atoms with Gasteiger partial charge in [0.25, 0.3) is 0 Å². The van der Waals surface area contributed by atoms with Crippen LogP contribution < -0.4 is 5.32 Å². The zero-order valence-electron chi connectivity index (χ0n) is 12.3. The van der Waals surface area contributed by atoms with Crippen LogP contribution in [-0.2, 0) is 4.74 Å². The van der Waals surface area contributed by atoms with Crippen molar-refractivity contribution < 1.29 is 13.9 Å². The topological polar surface area (TPSA) is 44.8 Å². The van der Waals surface area contributed by atoms with Gasteiger partial charge in [0.15, 0.2) is 0 Å². The van der Waals surface area contributed by atoms with Gasteiger partial charge >= 0.3 is 6.03 Å². The van der Waals surface area contributed by atoms with Crippen LogP contribution in [-0.4, -0.2) is 62.3 Å². The molecule has 1 N–H and O–H groups in total. The van der Waals surface area contributed by atoms with Gasteiger partial charge in [0.2, 0.25) is 0 Å². The number of anilines is 1. The smallest absolute Gasteiger partial charge is 0.321 e. The van der Waals surface area contributed by atoms with Crippen molar-refractivity contribution in [2.24, 2.45) is 0 Å². The van der Waals surface area contributed by atoms with Crippen molar-refractivity contribution in [2.75, 3.05) is 51.8 Å². The molecule has 116 valence electrons. The average Bonchev–Trinajstić information content (AvgIpc) is 2.48. The number of nitrogens with one attached hydrogen (secondary N) is 1. The van der Waals surface area contributed by atoms with Crippen LogP contribution in [0.15, 0.2) is 24.3 Å². The molecule has 1 aromatic rings. The molecule has 1 heterocycles. The zero-order chi connectivity index (χ0) is 15.1. The largest absolute Gasteiger partial charge is 0.385 e. The molecule has 2 amide bonds. The summed E-state index contributed by atoms with van der Waals surface area (Å²) in [5, 5.41) is 2.73. The first-order valence-corrected chi connectivity index (χ1v) is 7.22. The van der Waals surface area contributed by atoms with Crippen LogP contribution in [0.5, 0.6) is 0 Å². The summed E-state index contributed by atoms with van der Waals surface area (Å²) < 4.78 is 18.1. The first-order valence-electron chi connectivity index (χ1n) is 7.22. The second-order valence-electron chi connectivity index (χ2n) is 5.12. The molecule has 1 aliphatic rings. The van der Waals surface area contributed by atoms with E-state index in [4.69, 9.17) is 4.74 Å². The number of benzene rings is 1. The molecule has 0 saturated carbocycles. The van der Waals surface area contributed by atoms with E-state index in [9.17, 15) is 9.18 Å². The minimum atomic E-state index is -0.351. The SMILES string of the molecule is COCCCN1CCN(C(=O)Nc2cccc(F)c2)CC1. The Kier molecular flexibility index (Phi) is 5.95. The first-order chi connectivity index (χ1) is 10.2. The number of halogens is 1. The predicted octanol–water partition coefficient (Wildman–Crippen LogP) is 2.01. The van der Waals surface area contributed by atoms with Gasteiger partial charge in [-0.1, -0.05) is 6.07 Å². The molecule has 5 nitrogen and oxygen atoms in total. The molecule has 0 spiro atoms. The van der Waals surface area contributed by atoms with E-state index in [1.54, 1.807) is 24.1 Å². The van der Waals surface area contributed by atoms with Crippen LogP contribution in [0.3, 0.4) is 0 Å². The van der Waals surface area contributed by atoms with Crippen molar-refractivity contribution in [1.29, 1.82) is 0 Å². The molecule has 6 heteroatoms. The third kappa shape index (κ3) is 4.99. The molecule has 21 heavy (non-hydrogen) atoms. The van der Waals surface area contributed by atoms with Crippen LogP contribution in [0.4, 0.5) is 14.9 Å². The minimum absolute atomic E-state index is 0.169. The Morgan fingerprint density at radius 1 is 1.33 bits per heavy atom. The summed E-state index contributed by atoms with van der Waals surface area (Å²) >= 11 is 0. The lowest BCUT2D eigenvalue weighted by molar-refractivity contribution is 0.130. The molecule has 0 bridgehead atoms. The Balaban J connectivity index is 1.75. The van der Waals surface area contributed by atoms with E-state index in [0.717, 1.165) is 32.7 Å². The molecule has 2 rings (SSSR count). The maximum Gasteiger partial charge on any atom is 0.321 e. The number of methoxy groups -OCH3 is 1. The van der Waals surface area contributed by atoms with Gasteiger partial charge in [-0.05, 0) is 24.6 Å². The van der Waals surface area contributed by atoms with E-state index in [2.05, 4.69) is 10.2 Å². The molecule has 0 aliphatic carbocycles. The lowest BCUT2D eigenvalue weighted by atomic mass is 10.3. The average molecular weight is 295 g/mol. The van der Waals surface area contributed by atoms with Crippen molar-refractivity contribution in [1.82, 2.24) is 9.80 Å². The van der Waals surface area contributed by atoms with E-state index in [1.807, 2.05) is 0 Å². The fourth-order valence-electron chi connectivity index (χ4n) is 2.38. The molecule has 1 aromatic carbocycles. The Morgan fingerprint density at radius 2 is 2.10 bits per heavy atom. The minimum Gasteiger partial charge on any atom is -0.385 e. The van der Waals surface area contributed by atoms with E-state index in [1.165, 1.54) is 12.1 Å². The number of hydrogen-bond acceptors (Lipinski definition) is 3. The van der Waals surface area contributed by atoms with E-state index in [0.29, 0.717) is 18.8 Å². The summed E-state index contributed by atoms with van der Waals surface area (Å²) in [7, 11) is 1.70. The summed E-state index contributed by atoms with van der Waals surface area (Å²) in [5.74, 6) is -0.351. The number of amides is 2. The highest BCUT2D eigenvalue weighted by Gasteiger charge is 2.20. The number of carbonyl (C=O) groups is 1. The molecular formula is C15H22FN3O2. The molecule has 1 aliphatic heterocycles. The van der Waals surface area contributed by atoms with Crippen molar-refractivity contribution in [3.63, 3.8) is 0 Å². The molecule has 0 atom stereocenters. The fourth-order valence-corrected chi connectivity index (χ4v) is 2.38. The molecule has 0 aromatic heterocycles. The number of piperazine rings is 1. The Morgan fingerprint density at radius 3 is 2.76 bits per heavy atom. The Labute approximate surface area is 124 Å². The lowest BCUT2D eigenvalue weighted by Crippen LogP contribution is -2.50. The van der Waals surface area contributed by atoms with Gasteiger partial charge in [-0.2, -0.15) is 0 Å². The van der Waals surface area contributed by atoms with Crippen LogP contribution >= 0.6 is 0 Å². The summed E-state index contributed by atoms with van der Waals surface area (Å²) in [6.07, 6.45) is 1.01. The molecule has 1 fully saturated rings. The summed E-state index contributed by atoms with van der Waals surface area (Å²) in [6.45, 7) is 4.86. The zero-order valence-corrected chi connectivity index (χ0v) is 12.3. The van der Waals surface area contributed by atoms with Gasteiger partial charge in [0.05, 0.1) is 0 Å².